The maximum absolute atomic E-state index is 12.1. The Balaban J connectivity index is 0.00000529. The maximum atomic E-state index is 12.1. The van der Waals surface area contributed by atoms with Gasteiger partial charge < -0.3 is 16.0 Å². The van der Waals surface area contributed by atoms with Crippen molar-refractivity contribution in [3.8, 4) is 0 Å². The molecule has 0 radical (unpaired) electrons. The van der Waals surface area contributed by atoms with Gasteiger partial charge in [-0.25, -0.2) is 0 Å². The quantitative estimate of drug-likeness (QED) is 0.218. The summed E-state index contributed by atoms with van der Waals surface area (Å²) in [6, 6.07) is 0. The molecule has 0 saturated heterocycles. The molecule has 0 unspecified atom stereocenters. The van der Waals surface area contributed by atoms with Crippen LogP contribution >= 0.6 is 24.0 Å². The van der Waals surface area contributed by atoms with Gasteiger partial charge in [-0.1, -0.05) is 46.0 Å². The monoisotopic (exact) mass is 452 g/mol. The molecule has 0 heterocycles. The minimum atomic E-state index is 0. The normalized spacial score (nSPS) is 15.8. The van der Waals surface area contributed by atoms with Crippen LogP contribution in [0.2, 0.25) is 0 Å². The van der Waals surface area contributed by atoms with Crippen LogP contribution in [0.5, 0.6) is 0 Å². The number of amides is 1. The molecular weight excluding hydrogens is 415 g/mol. The van der Waals surface area contributed by atoms with E-state index in [1.54, 1.807) is 0 Å². The lowest BCUT2D eigenvalue weighted by molar-refractivity contribution is -0.125. The number of aliphatic imine (C=N–C) groups is 1. The molecule has 0 aromatic carbocycles. The fourth-order valence-corrected chi connectivity index (χ4v) is 2.98. The number of carbonyl (C=O) groups is 1. The number of hydrogen-bond acceptors (Lipinski definition) is 2. The summed E-state index contributed by atoms with van der Waals surface area (Å²) >= 11 is 0. The van der Waals surface area contributed by atoms with E-state index in [1.165, 1.54) is 19.3 Å². The Labute approximate surface area is 165 Å². The molecule has 0 aromatic rings. The van der Waals surface area contributed by atoms with Crippen LogP contribution in [0.1, 0.15) is 65.7 Å². The SMILES string of the molecule is CCNC(=NCC(CC)CC)NCCNC(=O)C1CCCCC1.I. The van der Waals surface area contributed by atoms with Crippen molar-refractivity contribution in [3.63, 3.8) is 0 Å². The number of rotatable bonds is 9. The lowest BCUT2D eigenvalue weighted by Gasteiger charge is -2.21. The number of guanidine groups is 1. The van der Waals surface area contributed by atoms with Crippen LogP contribution in [0.25, 0.3) is 0 Å². The van der Waals surface area contributed by atoms with Gasteiger partial charge in [-0.05, 0) is 25.7 Å². The highest BCUT2D eigenvalue weighted by Crippen LogP contribution is 2.23. The summed E-state index contributed by atoms with van der Waals surface area (Å²) in [6.07, 6.45) is 8.11. The minimum Gasteiger partial charge on any atom is -0.357 e. The van der Waals surface area contributed by atoms with Crippen molar-refractivity contribution in [2.45, 2.75) is 65.7 Å². The molecule has 0 atom stereocenters. The molecule has 3 N–H and O–H groups in total. The van der Waals surface area contributed by atoms with Gasteiger partial charge in [0.05, 0.1) is 0 Å². The highest BCUT2D eigenvalue weighted by molar-refractivity contribution is 14.0. The molecule has 24 heavy (non-hydrogen) atoms. The van der Waals surface area contributed by atoms with Crippen LogP contribution in [0.3, 0.4) is 0 Å². The van der Waals surface area contributed by atoms with E-state index in [-0.39, 0.29) is 35.8 Å². The Bertz CT molecular complexity index is 353. The molecule has 142 valence electrons. The van der Waals surface area contributed by atoms with E-state index in [9.17, 15) is 4.79 Å². The molecule has 0 aromatic heterocycles. The Hall–Kier alpha value is -0.530. The third-order valence-electron chi connectivity index (χ3n) is 4.70. The zero-order valence-electron chi connectivity index (χ0n) is 15.7. The highest BCUT2D eigenvalue weighted by atomic mass is 127. The molecule has 0 spiro atoms. The van der Waals surface area contributed by atoms with Crippen molar-refractivity contribution in [2.24, 2.45) is 16.8 Å². The van der Waals surface area contributed by atoms with E-state index in [4.69, 9.17) is 0 Å². The maximum Gasteiger partial charge on any atom is 0.223 e. The molecule has 1 rings (SSSR count). The van der Waals surface area contributed by atoms with Crippen molar-refractivity contribution in [3.05, 3.63) is 0 Å². The molecule has 1 aliphatic carbocycles. The molecule has 5 nitrogen and oxygen atoms in total. The van der Waals surface area contributed by atoms with Crippen molar-refractivity contribution >= 4 is 35.8 Å². The second-order valence-corrected chi connectivity index (χ2v) is 6.45. The Morgan fingerprint density at radius 1 is 1.00 bits per heavy atom. The van der Waals surface area contributed by atoms with E-state index in [1.807, 2.05) is 0 Å². The number of nitrogens with zero attached hydrogens (tertiary/aromatic N) is 1. The van der Waals surface area contributed by atoms with Crippen LogP contribution in [-0.2, 0) is 4.79 Å². The predicted molar refractivity (Wildman–Crippen MR) is 113 cm³/mol. The van der Waals surface area contributed by atoms with Gasteiger partial charge in [0.1, 0.15) is 0 Å². The smallest absolute Gasteiger partial charge is 0.223 e. The van der Waals surface area contributed by atoms with E-state index >= 15 is 0 Å². The number of hydrogen-bond donors (Lipinski definition) is 3. The van der Waals surface area contributed by atoms with E-state index in [2.05, 4.69) is 41.7 Å². The van der Waals surface area contributed by atoms with Crippen LogP contribution in [0.15, 0.2) is 4.99 Å². The van der Waals surface area contributed by atoms with Gasteiger partial charge in [-0.2, -0.15) is 0 Å². The molecule has 0 aliphatic heterocycles. The van der Waals surface area contributed by atoms with E-state index < -0.39 is 0 Å². The van der Waals surface area contributed by atoms with Crippen molar-refractivity contribution < 1.29 is 4.79 Å². The lowest BCUT2D eigenvalue weighted by Crippen LogP contribution is -2.42. The van der Waals surface area contributed by atoms with Crippen LogP contribution < -0.4 is 16.0 Å². The summed E-state index contributed by atoms with van der Waals surface area (Å²) in [6.45, 7) is 9.58. The summed E-state index contributed by atoms with van der Waals surface area (Å²) in [7, 11) is 0. The first-order valence-electron chi connectivity index (χ1n) is 9.51. The van der Waals surface area contributed by atoms with Crippen molar-refractivity contribution in [2.75, 3.05) is 26.2 Å². The highest BCUT2D eigenvalue weighted by Gasteiger charge is 2.20. The number of nitrogens with one attached hydrogen (secondary N) is 3. The summed E-state index contributed by atoms with van der Waals surface area (Å²) in [5.74, 6) is 1.97. The summed E-state index contributed by atoms with van der Waals surface area (Å²) in [4.78, 5) is 16.7. The second kappa shape index (κ2) is 14.8. The Morgan fingerprint density at radius 2 is 1.62 bits per heavy atom. The zero-order chi connectivity index (χ0) is 16.9. The van der Waals surface area contributed by atoms with Gasteiger partial charge >= 0.3 is 0 Å². The van der Waals surface area contributed by atoms with Crippen molar-refractivity contribution in [1.29, 1.82) is 0 Å². The third-order valence-corrected chi connectivity index (χ3v) is 4.70. The molecule has 0 bridgehead atoms. The molecule has 6 heteroatoms. The lowest BCUT2D eigenvalue weighted by atomic mass is 9.89. The molecule has 1 aliphatic rings. The van der Waals surface area contributed by atoms with Gasteiger partial charge in [0, 0.05) is 32.1 Å². The molecule has 1 amide bonds. The van der Waals surface area contributed by atoms with Crippen LogP contribution in [0, 0.1) is 11.8 Å². The van der Waals surface area contributed by atoms with Gasteiger partial charge in [0.15, 0.2) is 5.96 Å². The predicted octanol–water partition coefficient (Wildman–Crippen LogP) is 3.29. The number of halogens is 1. The van der Waals surface area contributed by atoms with Gasteiger partial charge in [-0.15, -0.1) is 24.0 Å². The third kappa shape index (κ3) is 9.69. The fraction of sp³-hybridized carbons (Fsp3) is 0.889. The zero-order valence-corrected chi connectivity index (χ0v) is 18.0. The Kier molecular flexibility index (Phi) is 14.5. The molecular formula is C18H37IN4O. The largest absolute Gasteiger partial charge is 0.357 e. The van der Waals surface area contributed by atoms with Crippen LogP contribution in [0.4, 0.5) is 0 Å². The van der Waals surface area contributed by atoms with Crippen molar-refractivity contribution in [1.82, 2.24) is 16.0 Å². The van der Waals surface area contributed by atoms with Crippen LogP contribution in [-0.4, -0.2) is 38.0 Å². The second-order valence-electron chi connectivity index (χ2n) is 6.45. The average molecular weight is 452 g/mol. The summed E-state index contributed by atoms with van der Waals surface area (Å²) in [5, 5.41) is 9.62. The first-order chi connectivity index (χ1) is 11.2. The van der Waals surface area contributed by atoms with E-state index in [0.717, 1.165) is 44.7 Å². The standard InChI is InChI=1S/C18H36N4O.HI/c1-4-15(5-2)14-22-18(19-6-3)21-13-12-20-17(23)16-10-8-7-9-11-16;/h15-16H,4-14H2,1-3H3,(H,20,23)(H2,19,21,22);1H. The summed E-state index contributed by atoms with van der Waals surface area (Å²) < 4.78 is 0. The average Bonchev–Trinajstić information content (AvgIpc) is 2.59. The minimum absolute atomic E-state index is 0. The number of carbonyl (C=O) groups excluding carboxylic acids is 1. The van der Waals surface area contributed by atoms with E-state index in [0.29, 0.717) is 19.0 Å². The molecule has 1 saturated carbocycles. The first kappa shape index (κ1) is 23.5. The fourth-order valence-electron chi connectivity index (χ4n) is 2.98. The molecule has 1 fully saturated rings. The van der Waals surface area contributed by atoms with Gasteiger partial charge in [-0.3, -0.25) is 9.79 Å². The Morgan fingerprint density at radius 3 is 2.21 bits per heavy atom. The van der Waals surface area contributed by atoms with Gasteiger partial charge in [0.2, 0.25) is 5.91 Å². The summed E-state index contributed by atoms with van der Waals surface area (Å²) in [5.41, 5.74) is 0. The first-order valence-corrected chi connectivity index (χ1v) is 9.51. The van der Waals surface area contributed by atoms with Gasteiger partial charge in [0.25, 0.3) is 0 Å². The topological polar surface area (TPSA) is 65.5 Å².